The third kappa shape index (κ3) is 0.855. The molecule has 1 heterocycles. The number of allylic oxidation sites excluding steroid dienone is 2. The molecule has 0 aromatic rings. The second kappa shape index (κ2) is 1.55. The standard InChI is InChI=1S/C4H4NO2/c6-4-2-1-3-7-5-4/h1,3,5-6H. The van der Waals surface area contributed by atoms with Crippen LogP contribution >= 0.6 is 0 Å². The molecule has 0 saturated carbocycles. The van der Waals surface area contributed by atoms with Crippen molar-refractivity contribution in [1.82, 2.24) is 5.48 Å². The molecule has 1 rings (SSSR count). The molecule has 7 heavy (non-hydrogen) atoms. The molecule has 0 saturated heterocycles. The minimum atomic E-state index is -0.0949. The fourth-order valence-electron chi connectivity index (χ4n) is 0.266. The first-order valence-electron chi connectivity index (χ1n) is 1.79. The van der Waals surface area contributed by atoms with E-state index in [0.717, 1.165) is 0 Å². The summed E-state index contributed by atoms with van der Waals surface area (Å²) in [5, 5.41) is 8.43. The fraction of sp³-hybridized carbons (Fsp3) is 0. The van der Waals surface area contributed by atoms with Gasteiger partial charge in [0.1, 0.15) is 6.26 Å². The van der Waals surface area contributed by atoms with Crippen LogP contribution in [0.15, 0.2) is 18.2 Å². The molecule has 1 radical (unpaired) electrons. The monoisotopic (exact) mass is 98.0 g/mol. The minimum Gasteiger partial charge on any atom is -0.492 e. The molecule has 0 atom stereocenters. The van der Waals surface area contributed by atoms with Gasteiger partial charge in [0.05, 0.1) is 6.08 Å². The zero-order valence-electron chi connectivity index (χ0n) is 3.51. The van der Waals surface area contributed by atoms with Crippen LogP contribution in [-0.2, 0) is 4.84 Å². The van der Waals surface area contributed by atoms with Gasteiger partial charge in [0.25, 0.3) is 0 Å². The molecular formula is C4H4NO2. The summed E-state index contributed by atoms with van der Waals surface area (Å²) >= 11 is 0. The first-order valence-corrected chi connectivity index (χ1v) is 1.79. The lowest BCUT2D eigenvalue weighted by Crippen LogP contribution is -2.11. The van der Waals surface area contributed by atoms with Crippen LogP contribution in [0.2, 0.25) is 0 Å². The maximum Gasteiger partial charge on any atom is 0.226 e. The summed E-state index contributed by atoms with van der Waals surface area (Å²) in [6.07, 6.45) is 5.28. The lowest BCUT2D eigenvalue weighted by molar-refractivity contribution is 0.108. The summed E-state index contributed by atoms with van der Waals surface area (Å²) in [6, 6.07) is 0. The SMILES string of the molecule is OC1=[C]C=CON1. The number of aliphatic hydroxyl groups is 1. The predicted molar refractivity (Wildman–Crippen MR) is 22.7 cm³/mol. The van der Waals surface area contributed by atoms with Gasteiger partial charge in [0.15, 0.2) is 0 Å². The Morgan fingerprint density at radius 1 is 1.86 bits per heavy atom. The molecule has 0 aromatic carbocycles. The normalized spacial score (nSPS) is 16.9. The molecular weight excluding hydrogens is 94.0 g/mol. The Kier molecular flexibility index (Phi) is 0.898. The van der Waals surface area contributed by atoms with Gasteiger partial charge in [-0.15, -0.1) is 0 Å². The van der Waals surface area contributed by atoms with Gasteiger partial charge in [-0.1, -0.05) is 0 Å². The van der Waals surface area contributed by atoms with Crippen molar-refractivity contribution >= 4 is 0 Å². The van der Waals surface area contributed by atoms with Crippen LogP contribution < -0.4 is 5.48 Å². The summed E-state index contributed by atoms with van der Waals surface area (Å²) < 4.78 is 0. The smallest absolute Gasteiger partial charge is 0.226 e. The molecule has 3 heteroatoms. The summed E-state index contributed by atoms with van der Waals surface area (Å²) in [5.74, 6) is -0.0949. The summed E-state index contributed by atoms with van der Waals surface area (Å²) in [5.41, 5.74) is 2.16. The summed E-state index contributed by atoms with van der Waals surface area (Å²) in [4.78, 5) is 4.40. The van der Waals surface area contributed by atoms with Gasteiger partial charge in [0.2, 0.25) is 5.88 Å². The lowest BCUT2D eigenvalue weighted by atomic mass is 10.5. The Bertz CT molecular complexity index is 117. The van der Waals surface area contributed by atoms with E-state index in [9.17, 15) is 0 Å². The van der Waals surface area contributed by atoms with Gasteiger partial charge in [0, 0.05) is 0 Å². The van der Waals surface area contributed by atoms with Crippen LogP contribution in [0.25, 0.3) is 0 Å². The van der Waals surface area contributed by atoms with Gasteiger partial charge in [-0.3, -0.25) is 0 Å². The highest BCUT2D eigenvalue weighted by molar-refractivity contribution is 4.96. The van der Waals surface area contributed by atoms with E-state index in [0.29, 0.717) is 0 Å². The van der Waals surface area contributed by atoms with E-state index in [4.69, 9.17) is 5.11 Å². The Hall–Kier alpha value is -1.12. The van der Waals surface area contributed by atoms with Crippen molar-refractivity contribution in [2.45, 2.75) is 0 Å². The number of nitrogens with one attached hydrogen (secondary N) is 1. The number of rotatable bonds is 0. The van der Waals surface area contributed by atoms with Crippen LogP contribution in [0.4, 0.5) is 0 Å². The van der Waals surface area contributed by atoms with Crippen LogP contribution in [0.1, 0.15) is 0 Å². The minimum absolute atomic E-state index is 0.0949. The first-order chi connectivity index (χ1) is 3.39. The molecule has 1 aliphatic rings. The van der Waals surface area contributed by atoms with Crippen molar-refractivity contribution in [1.29, 1.82) is 0 Å². The Labute approximate surface area is 40.9 Å². The Morgan fingerprint density at radius 3 is 3.00 bits per heavy atom. The van der Waals surface area contributed by atoms with E-state index < -0.39 is 0 Å². The molecule has 37 valence electrons. The second-order valence-corrected chi connectivity index (χ2v) is 1.02. The maximum absolute atomic E-state index is 8.43. The van der Waals surface area contributed by atoms with E-state index in [-0.39, 0.29) is 5.88 Å². The number of hydrogen-bond acceptors (Lipinski definition) is 3. The van der Waals surface area contributed by atoms with Gasteiger partial charge in [-0.2, -0.15) is 5.48 Å². The highest BCUT2D eigenvalue weighted by atomic mass is 16.7. The zero-order valence-corrected chi connectivity index (χ0v) is 3.51. The van der Waals surface area contributed by atoms with Gasteiger partial charge in [-0.05, 0) is 6.08 Å². The molecule has 2 N–H and O–H groups in total. The molecule has 0 aromatic heterocycles. The topological polar surface area (TPSA) is 41.5 Å². The molecule has 0 unspecified atom stereocenters. The number of hydroxylamine groups is 1. The second-order valence-electron chi connectivity index (χ2n) is 1.02. The number of hydrogen-bond donors (Lipinski definition) is 2. The largest absolute Gasteiger partial charge is 0.492 e. The zero-order chi connectivity index (χ0) is 5.11. The van der Waals surface area contributed by atoms with Crippen molar-refractivity contribution < 1.29 is 9.94 Å². The van der Waals surface area contributed by atoms with Crippen molar-refractivity contribution in [2.75, 3.05) is 0 Å². The van der Waals surface area contributed by atoms with E-state index in [2.05, 4.69) is 16.4 Å². The van der Waals surface area contributed by atoms with Gasteiger partial charge < -0.3 is 9.94 Å². The quantitative estimate of drug-likeness (QED) is 0.456. The van der Waals surface area contributed by atoms with Crippen LogP contribution in [0.3, 0.4) is 0 Å². The van der Waals surface area contributed by atoms with Crippen molar-refractivity contribution in [3.05, 3.63) is 24.3 Å². The molecule has 0 fully saturated rings. The van der Waals surface area contributed by atoms with Crippen molar-refractivity contribution in [3.8, 4) is 0 Å². The highest BCUT2D eigenvalue weighted by Gasteiger charge is 1.90. The van der Waals surface area contributed by atoms with Crippen molar-refractivity contribution in [2.24, 2.45) is 0 Å². The highest BCUT2D eigenvalue weighted by Crippen LogP contribution is 1.88. The Balaban J connectivity index is 2.57. The van der Waals surface area contributed by atoms with Crippen molar-refractivity contribution in [3.63, 3.8) is 0 Å². The molecule has 1 aliphatic heterocycles. The molecule has 0 aliphatic carbocycles. The first kappa shape index (κ1) is 4.05. The molecule has 0 spiro atoms. The average molecular weight is 98.1 g/mol. The Morgan fingerprint density at radius 2 is 2.71 bits per heavy atom. The van der Waals surface area contributed by atoms with Gasteiger partial charge in [-0.25, -0.2) is 0 Å². The van der Waals surface area contributed by atoms with Crippen LogP contribution in [0, 0.1) is 6.08 Å². The van der Waals surface area contributed by atoms with Crippen LogP contribution in [-0.4, -0.2) is 5.11 Å². The number of aliphatic hydroxyl groups excluding tert-OH is 1. The van der Waals surface area contributed by atoms with Crippen LogP contribution in [0.5, 0.6) is 0 Å². The fourth-order valence-corrected chi connectivity index (χ4v) is 0.266. The third-order valence-electron chi connectivity index (χ3n) is 0.512. The average Bonchev–Trinajstić information content (AvgIpc) is 1.69. The third-order valence-corrected chi connectivity index (χ3v) is 0.512. The molecule has 0 amide bonds. The summed E-state index contributed by atoms with van der Waals surface area (Å²) in [6.45, 7) is 0. The van der Waals surface area contributed by atoms with E-state index >= 15 is 0 Å². The molecule has 0 bridgehead atoms. The van der Waals surface area contributed by atoms with Gasteiger partial charge >= 0.3 is 0 Å². The van der Waals surface area contributed by atoms with E-state index in [1.807, 2.05) is 0 Å². The lowest BCUT2D eigenvalue weighted by Gasteiger charge is -2.03. The molecule has 3 nitrogen and oxygen atoms in total. The predicted octanol–water partition coefficient (Wildman–Crippen LogP) is 0.237. The maximum atomic E-state index is 8.43. The summed E-state index contributed by atoms with van der Waals surface area (Å²) in [7, 11) is 0. The van der Waals surface area contributed by atoms with E-state index in [1.54, 1.807) is 0 Å². The van der Waals surface area contributed by atoms with E-state index in [1.165, 1.54) is 12.3 Å².